The van der Waals surface area contributed by atoms with Crippen molar-refractivity contribution >= 4 is 40.5 Å². The molecule has 0 aliphatic carbocycles. The molecule has 0 aromatic rings. The summed E-state index contributed by atoms with van der Waals surface area (Å²) in [5.74, 6) is 0. The highest BCUT2D eigenvalue weighted by Crippen LogP contribution is 2.21. The lowest BCUT2D eigenvalue weighted by Crippen LogP contribution is -2.37. The fourth-order valence-corrected chi connectivity index (χ4v) is 1.64. The summed E-state index contributed by atoms with van der Waals surface area (Å²) >= 11 is 7.84. The Balaban J connectivity index is 2.86. The molecule has 0 saturated carbocycles. The standard InChI is InChI=1S/C6H5ClINO/c7-6(4-10)3-5(8)1-2-9-6/h1-4,9H. The van der Waals surface area contributed by atoms with E-state index in [1.165, 1.54) is 0 Å². The van der Waals surface area contributed by atoms with E-state index in [1.54, 1.807) is 12.3 Å². The number of hydrogen-bond donors (Lipinski definition) is 1. The van der Waals surface area contributed by atoms with Crippen molar-refractivity contribution in [2.24, 2.45) is 0 Å². The van der Waals surface area contributed by atoms with E-state index < -0.39 is 5.00 Å². The second-order valence-electron chi connectivity index (χ2n) is 1.89. The number of carbonyl (C=O) groups excluding carboxylic acids is 1. The molecule has 1 N–H and O–H groups in total. The van der Waals surface area contributed by atoms with Gasteiger partial charge < -0.3 is 5.32 Å². The number of nitrogens with one attached hydrogen (secondary N) is 1. The van der Waals surface area contributed by atoms with Gasteiger partial charge in [0.15, 0.2) is 11.3 Å². The number of rotatable bonds is 1. The highest BCUT2D eigenvalue weighted by molar-refractivity contribution is 14.1. The van der Waals surface area contributed by atoms with Gasteiger partial charge in [-0.25, -0.2) is 0 Å². The average molecular weight is 269 g/mol. The number of dihydropyridines is 1. The molecule has 0 amide bonds. The molecule has 54 valence electrons. The first-order valence-electron chi connectivity index (χ1n) is 2.64. The Labute approximate surface area is 77.5 Å². The van der Waals surface area contributed by atoms with Crippen molar-refractivity contribution in [1.82, 2.24) is 5.32 Å². The molecule has 1 aliphatic rings. The molecule has 4 heteroatoms. The molecule has 0 radical (unpaired) electrons. The molecule has 1 heterocycles. The van der Waals surface area contributed by atoms with Gasteiger partial charge in [-0.2, -0.15) is 0 Å². The van der Waals surface area contributed by atoms with Crippen LogP contribution in [0.2, 0.25) is 0 Å². The molecule has 1 unspecified atom stereocenters. The zero-order valence-electron chi connectivity index (χ0n) is 4.97. The van der Waals surface area contributed by atoms with Crippen LogP contribution in [0.25, 0.3) is 0 Å². The SMILES string of the molecule is O=CC1(Cl)C=C(I)C=CN1. The average Bonchev–Trinajstić information content (AvgIpc) is 1.88. The molecule has 10 heavy (non-hydrogen) atoms. The van der Waals surface area contributed by atoms with Crippen LogP contribution in [0.5, 0.6) is 0 Å². The lowest BCUT2D eigenvalue weighted by atomic mass is 10.2. The van der Waals surface area contributed by atoms with E-state index in [-0.39, 0.29) is 0 Å². The molecule has 0 aromatic heterocycles. The highest BCUT2D eigenvalue weighted by atomic mass is 127. The summed E-state index contributed by atoms with van der Waals surface area (Å²) in [5.41, 5.74) is 0. The number of carbonyl (C=O) groups is 1. The summed E-state index contributed by atoms with van der Waals surface area (Å²) < 4.78 is 0.957. The van der Waals surface area contributed by atoms with Crippen molar-refractivity contribution in [3.8, 4) is 0 Å². The zero-order valence-corrected chi connectivity index (χ0v) is 7.89. The van der Waals surface area contributed by atoms with Crippen molar-refractivity contribution in [3.05, 3.63) is 21.9 Å². The minimum absolute atomic E-state index is 0.663. The normalized spacial score (nSPS) is 30.8. The molecule has 0 bridgehead atoms. The number of halogens is 2. The Morgan fingerprint density at radius 3 is 2.90 bits per heavy atom. The van der Waals surface area contributed by atoms with Gasteiger partial charge in [0, 0.05) is 3.58 Å². The van der Waals surface area contributed by atoms with E-state index in [1.807, 2.05) is 6.08 Å². The minimum Gasteiger partial charge on any atom is -0.364 e. The van der Waals surface area contributed by atoms with Crippen LogP contribution >= 0.6 is 34.2 Å². The van der Waals surface area contributed by atoms with E-state index in [4.69, 9.17) is 11.6 Å². The monoisotopic (exact) mass is 269 g/mol. The first kappa shape index (κ1) is 8.07. The maximum Gasteiger partial charge on any atom is 0.188 e. The molecule has 0 saturated heterocycles. The van der Waals surface area contributed by atoms with Crippen molar-refractivity contribution < 1.29 is 4.79 Å². The van der Waals surface area contributed by atoms with Gasteiger partial charge in [-0.3, -0.25) is 4.79 Å². The number of alkyl halides is 1. The molecular weight excluding hydrogens is 264 g/mol. The first-order chi connectivity index (χ1) is 4.66. The molecule has 0 fully saturated rings. The van der Waals surface area contributed by atoms with Crippen molar-refractivity contribution in [2.45, 2.75) is 5.00 Å². The number of aldehydes is 1. The quantitative estimate of drug-likeness (QED) is 0.339. The van der Waals surface area contributed by atoms with E-state index >= 15 is 0 Å². The molecule has 0 spiro atoms. The van der Waals surface area contributed by atoms with Gasteiger partial charge in [-0.1, -0.05) is 11.6 Å². The van der Waals surface area contributed by atoms with Gasteiger partial charge in [0.25, 0.3) is 0 Å². The van der Waals surface area contributed by atoms with E-state index in [9.17, 15) is 4.79 Å². The molecule has 1 atom stereocenters. The lowest BCUT2D eigenvalue weighted by molar-refractivity contribution is -0.109. The Kier molecular flexibility index (Phi) is 2.36. The minimum atomic E-state index is -1.02. The van der Waals surface area contributed by atoms with E-state index in [0.29, 0.717) is 6.29 Å². The fraction of sp³-hybridized carbons (Fsp3) is 0.167. The predicted octanol–water partition coefficient (Wildman–Crippen LogP) is 1.56. The first-order valence-corrected chi connectivity index (χ1v) is 4.10. The summed E-state index contributed by atoms with van der Waals surface area (Å²) in [7, 11) is 0. The van der Waals surface area contributed by atoms with Crippen LogP contribution < -0.4 is 5.32 Å². The Morgan fingerprint density at radius 2 is 2.50 bits per heavy atom. The highest BCUT2D eigenvalue weighted by Gasteiger charge is 2.23. The molecule has 0 aromatic carbocycles. The summed E-state index contributed by atoms with van der Waals surface area (Å²) in [5, 5.41) is 2.71. The van der Waals surface area contributed by atoms with Crippen LogP contribution in [-0.4, -0.2) is 11.3 Å². The van der Waals surface area contributed by atoms with Crippen LogP contribution in [0.3, 0.4) is 0 Å². The number of allylic oxidation sites excluding steroid dienone is 2. The fourth-order valence-electron chi connectivity index (χ4n) is 0.607. The van der Waals surface area contributed by atoms with Crippen LogP contribution in [0.1, 0.15) is 0 Å². The third-order valence-corrected chi connectivity index (χ3v) is 2.04. The summed E-state index contributed by atoms with van der Waals surface area (Å²) in [6.45, 7) is 0. The second-order valence-corrected chi connectivity index (χ2v) is 3.76. The van der Waals surface area contributed by atoms with E-state index in [0.717, 1.165) is 3.58 Å². The zero-order chi connectivity index (χ0) is 7.61. The summed E-state index contributed by atoms with van der Waals surface area (Å²) in [6.07, 6.45) is 5.81. The van der Waals surface area contributed by atoms with Gasteiger partial charge >= 0.3 is 0 Å². The Hall–Kier alpha value is -0.0300. The largest absolute Gasteiger partial charge is 0.364 e. The van der Waals surface area contributed by atoms with Gasteiger partial charge in [0.2, 0.25) is 0 Å². The third kappa shape index (κ3) is 1.73. The topological polar surface area (TPSA) is 29.1 Å². The lowest BCUT2D eigenvalue weighted by Gasteiger charge is -2.19. The predicted molar refractivity (Wildman–Crippen MR) is 49.0 cm³/mol. The smallest absolute Gasteiger partial charge is 0.188 e. The maximum absolute atomic E-state index is 10.4. The summed E-state index contributed by atoms with van der Waals surface area (Å²) in [4.78, 5) is 9.33. The van der Waals surface area contributed by atoms with Crippen LogP contribution in [-0.2, 0) is 4.79 Å². The maximum atomic E-state index is 10.4. The van der Waals surface area contributed by atoms with E-state index in [2.05, 4.69) is 27.9 Å². The van der Waals surface area contributed by atoms with Crippen molar-refractivity contribution in [3.63, 3.8) is 0 Å². The van der Waals surface area contributed by atoms with Crippen LogP contribution in [0.4, 0.5) is 0 Å². The molecule has 1 rings (SSSR count). The van der Waals surface area contributed by atoms with Crippen LogP contribution in [0, 0.1) is 0 Å². The van der Waals surface area contributed by atoms with Crippen molar-refractivity contribution in [1.29, 1.82) is 0 Å². The van der Waals surface area contributed by atoms with Gasteiger partial charge in [-0.05, 0) is 40.9 Å². The van der Waals surface area contributed by atoms with Gasteiger partial charge in [-0.15, -0.1) is 0 Å². The molecule has 2 nitrogen and oxygen atoms in total. The van der Waals surface area contributed by atoms with Gasteiger partial charge in [0.1, 0.15) is 0 Å². The molecular formula is C6H5ClINO. The second kappa shape index (κ2) is 2.92. The Bertz CT molecular complexity index is 214. The van der Waals surface area contributed by atoms with Crippen LogP contribution in [0.15, 0.2) is 21.9 Å². The third-order valence-electron chi connectivity index (χ3n) is 1.07. The Morgan fingerprint density at radius 1 is 1.80 bits per heavy atom. The van der Waals surface area contributed by atoms with Gasteiger partial charge in [0.05, 0.1) is 0 Å². The van der Waals surface area contributed by atoms with Crippen molar-refractivity contribution in [2.75, 3.05) is 0 Å². The molecule has 1 aliphatic heterocycles. The summed E-state index contributed by atoms with van der Waals surface area (Å²) in [6, 6.07) is 0. The number of hydrogen-bond acceptors (Lipinski definition) is 2.